The highest BCUT2D eigenvalue weighted by molar-refractivity contribution is 5.94. The molecule has 0 saturated carbocycles. The Kier molecular flexibility index (Phi) is 5.59. The molecule has 100 valence electrons. The second-order valence-corrected chi connectivity index (χ2v) is 4.57. The quantitative estimate of drug-likeness (QED) is 0.894. The third-order valence-corrected chi connectivity index (χ3v) is 3.19. The minimum absolute atomic E-state index is 0. The Morgan fingerprint density at radius 2 is 2.11 bits per heavy atom. The minimum Gasteiger partial charge on any atom is -0.326 e. The Hall–Kier alpha value is -1.10. The van der Waals surface area contributed by atoms with Crippen molar-refractivity contribution in [3.63, 3.8) is 0 Å². The number of nitrogens with two attached hydrogens (primary N) is 1. The summed E-state index contributed by atoms with van der Waals surface area (Å²) in [5.74, 6) is 0.116. The van der Waals surface area contributed by atoms with Crippen LogP contribution in [0.25, 0.3) is 0 Å². The highest BCUT2D eigenvalue weighted by Gasteiger charge is 2.22. The number of para-hydroxylation sites is 1. The monoisotopic (exact) mass is 269 g/mol. The first kappa shape index (κ1) is 15.0. The van der Waals surface area contributed by atoms with E-state index in [1.54, 1.807) is 4.90 Å². The molecule has 1 aliphatic heterocycles. The van der Waals surface area contributed by atoms with Crippen molar-refractivity contribution < 1.29 is 4.79 Å². The van der Waals surface area contributed by atoms with Gasteiger partial charge in [-0.2, -0.15) is 0 Å². The van der Waals surface area contributed by atoms with Crippen molar-refractivity contribution in [2.75, 3.05) is 31.6 Å². The van der Waals surface area contributed by atoms with Gasteiger partial charge in [-0.15, -0.1) is 12.4 Å². The molecule has 5 heteroatoms. The normalized spacial score (nSPS) is 19.3. The molecule has 0 radical (unpaired) electrons. The van der Waals surface area contributed by atoms with Crippen molar-refractivity contribution in [1.29, 1.82) is 0 Å². The zero-order chi connectivity index (χ0) is 12.3. The number of likely N-dealkylation sites (tertiary alicyclic amines) is 1. The number of nitrogens with zero attached hydrogens (tertiary/aromatic N) is 2. The van der Waals surface area contributed by atoms with Gasteiger partial charge >= 0.3 is 0 Å². The molecule has 0 bridgehead atoms. The Morgan fingerprint density at radius 1 is 1.44 bits per heavy atom. The van der Waals surface area contributed by atoms with E-state index in [0.29, 0.717) is 6.54 Å². The zero-order valence-electron chi connectivity index (χ0n) is 10.6. The van der Waals surface area contributed by atoms with Gasteiger partial charge in [0, 0.05) is 31.9 Å². The molecule has 1 aromatic carbocycles. The number of likely N-dealkylation sites (N-methyl/N-ethyl adjacent to an activating group) is 1. The first-order chi connectivity index (χ1) is 8.16. The largest absolute Gasteiger partial charge is 0.326 e. The van der Waals surface area contributed by atoms with E-state index in [-0.39, 0.29) is 24.4 Å². The van der Waals surface area contributed by atoms with Gasteiger partial charge in [0.25, 0.3) is 0 Å². The summed E-state index contributed by atoms with van der Waals surface area (Å²) in [5.41, 5.74) is 6.75. The SMILES string of the molecule is CN(C(=O)CN1CCC(N)C1)c1ccccc1.Cl. The number of anilines is 1. The summed E-state index contributed by atoms with van der Waals surface area (Å²) in [4.78, 5) is 15.9. The number of carbonyl (C=O) groups excluding carboxylic acids is 1. The fourth-order valence-corrected chi connectivity index (χ4v) is 2.10. The molecule has 0 aliphatic carbocycles. The van der Waals surface area contributed by atoms with Crippen molar-refractivity contribution in [3.8, 4) is 0 Å². The molecule has 1 aliphatic rings. The van der Waals surface area contributed by atoms with Crippen LogP contribution in [0.5, 0.6) is 0 Å². The lowest BCUT2D eigenvalue weighted by Crippen LogP contribution is -2.38. The molecule has 1 unspecified atom stereocenters. The average Bonchev–Trinajstić information content (AvgIpc) is 2.75. The van der Waals surface area contributed by atoms with Crippen LogP contribution in [0.15, 0.2) is 30.3 Å². The molecule has 1 fully saturated rings. The van der Waals surface area contributed by atoms with E-state index in [1.807, 2.05) is 37.4 Å². The van der Waals surface area contributed by atoms with E-state index in [2.05, 4.69) is 4.90 Å². The van der Waals surface area contributed by atoms with Gasteiger partial charge in [0.2, 0.25) is 5.91 Å². The number of benzene rings is 1. The van der Waals surface area contributed by atoms with E-state index in [9.17, 15) is 4.79 Å². The maximum Gasteiger partial charge on any atom is 0.240 e. The second-order valence-electron chi connectivity index (χ2n) is 4.57. The van der Waals surface area contributed by atoms with Gasteiger partial charge in [0.15, 0.2) is 0 Å². The Morgan fingerprint density at radius 3 is 2.67 bits per heavy atom. The van der Waals surface area contributed by atoms with Gasteiger partial charge in [-0.1, -0.05) is 18.2 Å². The fraction of sp³-hybridized carbons (Fsp3) is 0.462. The molecule has 0 spiro atoms. The van der Waals surface area contributed by atoms with Gasteiger partial charge in [0.1, 0.15) is 0 Å². The lowest BCUT2D eigenvalue weighted by Gasteiger charge is -2.21. The molecule has 0 aromatic heterocycles. The summed E-state index contributed by atoms with van der Waals surface area (Å²) < 4.78 is 0. The third-order valence-electron chi connectivity index (χ3n) is 3.19. The molecule has 1 saturated heterocycles. The van der Waals surface area contributed by atoms with Crippen molar-refractivity contribution in [2.45, 2.75) is 12.5 Å². The van der Waals surface area contributed by atoms with Crippen molar-refractivity contribution in [1.82, 2.24) is 4.90 Å². The summed E-state index contributed by atoms with van der Waals surface area (Å²) in [5, 5.41) is 0. The zero-order valence-corrected chi connectivity index (χ0v) is 11.4. The molecular weight excluding hydrogens is 250 g/mol. The van der Waals surface area contributed by atoms with Gasteiger partial charge < -0.3 is 10.6 Å². The molecule has 1 amide bonds. The van der Waals surface area contributed by atoms with Crippen LogP contribution < -0.4 is 10.6 Å². The molecule has 1 heterocycles. The van der Waals surface area contributed by atoms with Gasteiger partial charge in [-0.3, -0.25) is 9.69 Å². The Bertz CT molecular complexity index is 385. The summed E-state index contributed by atoms with van der Waals surface area (Å²) in [6.07, 6.45) is 0.988. The first-order valence-corrected chi connectivity index (χ1v) is 5.96. The Labute approximate surface area is 114 Å². The maximum atomic E-state index is 12.0. The number of halogens is 1. The fourth-order valence-electron chi connectivity index (χ4n) is 2.10. The van der Waals surface area contributed by atoms with Crippen molar-refractivity contribution in [2.24, 2.45) is 5.73 Å². The van der Waals surface area contributed by atoms with Crippen LogP contribution >= 0.6 is 12.4 Å². The number of hydrogen-bond acceptors (Lipinski definition) is 3. The standard InChI is InChI=1S/C13H19N3O.ClH/c1-15(12-5-3-2-4-6-12)13(17)10-16-8-7-11(14)9-16;/h2-6,11H,7-10,14H2,1H3;1H. The van der Waals surface area contributed by atoms with Crippen molar-refractivity contribution in [3.05, 3.63) is 30.3 Å². The van der Waals surface area contributed by atoms with Gasteiger partial charge in [-0.25, -0.2) is 0 Å². The van der Waals surface area contributed by atoms with Crippen LogP contribution in [0.3, 0.4) is 0 Å². The van der Waals surface area contributed by atoms with Gasteiger partial charge in [0.05, 0.1) is 6.54 Å². The number of carbonyl (C=O) groups is 1. The number of hydrogen-bond donors (Lipinski definition) is 1. The lowest BCUT2D eigenvalue weighted by atomic mass is 10.3. The molecule has 18 heavy (non-hydrogen) atoms. The van der Waals surface area contributed by atoms with E-state index in [4.69, 9.17) is 5.73 Å². The highest BCUT2D eigenvalue weighted by Crippen LogP contribution is 2.13. The highest BCUT2D eigenvalue weighted by atomic mass is 35.5. The van der Waals surface area contributed by atoms with Crippen LogP contribution in [0.1, 0.15) is 6.42 Å². The average molecular weight is 270 g/mol. The summed E-state index contributed by atoms with van der Waals surface area (Å²) in [6, 6.07) is 9.92. The van der Waals surface area contributed by atoms with E-state index in [0.717, 1.165) is 25.2 Å². The summed E-state index contributed by atoms with van der Waals surface area (Å²) in [6.45, 7) is 2.21. The van der Waals surface area contributed by atoms with Crippen LogP contribution in [-0.4, -0.2) is 43.5 Å². The molecular formula is C13H20ClN3O. The topological polar surface area (TPSA) is 49.6 Å². The molecule has 1 aromatic rings. The van der Waals surface area contributed by atoms with Crippen LogP contribution in [0.4, 0.5) is 5.69 Å². The Balaban J connectivity index is 0.00000162. The summed E-state index contributed by atoms with van der Waals surface area (Å²) in [7, 11) is 1.81. The van der Waals surface area contributed by atoms with E-state index < -0.39 is 0 Å². The predicted octanol–water partition coefficient (Wildman–Crippen LogP) is 1.10. The van der Waals surface area contributed by atoms with Crippen molar-refractivity contribution >= 4 is 24.0 Å². The smallest absolute Gasteiger partial charge is 0.240 e. The van der Waals surface area contributed by atoms with Crippen LogP contribution in [-0.2, 0) is 4.79 Å². The second kappa shape index (κ2) is 6.73. The van der Waals surface area contributed by atoms with E-state index >= 15 is 0 Å². The van der Waals surface area contributed by atoms with Gasteiger partial charge in [-0.05, 0) is 18.6 Å². The number of amides is 1. The lowest BCUT2D eigenvalue weighted by molar-refractivity contribution is -0.119. The minimum atomic E-state index is 0. The van der Waals surface area contributed by atoms with Crippen LogP contribution in [0.2, 0.25) is 0 Å². The number of rotatable bonds is 3. The van der Waals surface area contributed by atoms with Crippen LogP contribution in [0, 0.1) is 0 Å². The third kappa shape index (κ3) is 3.70. The summed E-state index contributed by atoms with van der Waals surface area (Å²) >= 11 is 0. The first-order valence-electron chi connectivity index (χ1n) is 5.96. The molecule has 2 N–H and O–H groups in total. The molecule has 2 rings (SSSR count). The predicted molar refractivity (Wildman–Crippen MR) is 76.1 cm³/mol. The van der Waals surface area contributed by atoms with E-state index in [1.165, 1.54) is 0 Å². The molecule has 1 atom stereocenters. The maximum absolute atomic E-state index is 12.0. The molecule has 4 nitrogen and oxygen atoms in total.